The minimum absolute atomic E-state index is 0.00926. The van der Waals surface area contributed by atoms with Crippen LogP contribution in [0.2, 0.25) is 0 Å². The van der Waals surface area contributed by atoms with Gasteiger partial charge in [0.1, 0.15) is 4.49 Å². The third-order valence-corrected chi connectivity index (χ3v) is 1.31. The summed E-state index contributed by atoms with van der Waals surface area (Å²) in [6.07, 6.45) is 0. The Morgan fingerprint density at radius 3 is 1.64 bits per heavy atom. The summed E-state index contributed by atoms with van der Waals surface area (Å²) in [5, 5.41) is 0. The maximum atomic E-state index is 9.92. The second-order valence-electron chi connectivity index (χ2n) is 1.96. The van der Waals surface area contributed by atoms with Crippen molar-refractivity contribution >= 4 is 40.7 Å². The summed E-state index contributed by atoms with van der Waals surface area (Å²) in [7, 11) is 0. The molecule has 0 saturated heterocycles. The second-order valence-corrected chi connectivity index (χ2v) is 3.18. The highest BCUT2D eigenvalue weighted by molar-refractivity contribution is 6.58. The topological polar surface area (TPSA) is 43.1 Å². The quantitative estimate of drug-likeness (QED) is 0.722. The van der Waals surface area contributed by atoms with Gasteiger partial charge >= 0.3 is 0 Å². The van der Waals surface area contributed by atoms with Crippen LogP contribution >= 0.6 is 34.8 Å². The summed E-state index contributed by atoms with van der Waals surface area (Å²) in [5.74, 6) is -0.250. The molecule has 0 atom stereocenters. The SMILES string of the molecule is CC(C)C(N)=O.ClC=C(Cl)Cl. The van der Waals surface area contributed by atoms with E-state index in [4.69, 9.17) is 40.5 Å². The molecular weight excluding hydrogens is 208 g/mol. The lowest BCUT2D eigenvalue weighted by Gasteiger charge is -1.90. The van der Waals surface area contributed by atoms with Gasteiger partial charge in [0.15, 0.2) is 0 Å². The van der Waals surface area contributed by atoms with Crippen LogP contribution < -0.4 is 5.73 Å². The molecule has 66 valence electrons. The molecule has 0 heterocycles. The summed E-state index contributed by atoms with van der Waals surface area (Å²) >= 11 is 14.8. The molecule has 0 aromatic rings. The number of primary amides is 1. The molecule has 0 radical (unpaired) electrons. The number of nitrogens with two attached hydrogens (primary N) is 1. The zero-order valence-electron chi connectivity index (χ0n) is 6.27. The van der Waals surface area contributed by atoms with Crippen molar-refractivity contribution in [2.45, 2.75) is 13.8 Å². The fourth-order valence-electron chi connectivity index (χ4n) is 0. The third-order valence-electron chi connectivity index (χ3n) is 0.652. The summed E-state index contributed by atoms with van der Waals surface area (Å²) in [5.41, 5.74) is 5.88. The molecular formula is C6H10Cl3NO. The molecule has 1 amide bonds. The summed E-state index contributed by atoms with van der Waals surface area (Å²) in [6.45, 7) is 3.53. The lowest BCUT2D eigenvalue weighted by Crippen LogP contribution is -2.17. The first kappa shape index (κ1) is 13.7. The zero-order chi connectivity index (χ0) is 9.44. The highest BCUT2D eigenvalue weighted by Crippen LogP contribution is 2.05. The van der Waals surface area contributed by atoms with Gasteiger partial charge in [0, 0.05) is 11.5 Å². The largest absolute Gasteiger partial charge is 0.369 e. The van der Waals surface area contributed by atoms with Gasteiger partial charge in [-0.3, -0.25) is 4.79 Å². The highest BCUT2D eigenvalue weighted by atomic mass is 35.5. The average Bonchev–Trinajstić information content (AvgIpc) is 1.89. The Bertz CT molecular complexity index is 141. The van der Waals surface area contributed by atoms with E-state index in [9.17, 15) is 4.79 Å². The zero-order valence-corrected chi connectivity index (χ0v) is 8.54. The molecule has 11 heavy (non-hydrogen) atoms. The maximum Gasteiger partial charge on any atom is 0.219 e. The van der Waals surface area contributed by atoms with Gasteiger partial charge in [0.2, 0.25) is 5.91 Å². The van der Waals surface area contributed by atoms with Crippen molar-refractivity contribution in [1.29, 1.82) is 0 Å². The number of halogens is 3. The van der Waals surface area contributed by atoms with Crippen molar-refractivity contribution in [1.82, 2.24) is 0 Å². The van der Waals surface area contributed by atoms with E-state index in [1.165, 1.54) is 0 Å². The number of carbonyl (C=O) groups excluding carboxylic acids is 1. The Labute approximate surface area is 81.3 Å². The summed E-state index contributed by atoms with van der Waals surface area (Å²) < 4.78 is 0.0895. The summed E-state index contributed by atoms with van der Waals surface area (Å²) in [4.78, 5) is 9.92. The first-order chi connectivity index (χ1) is 4.91. The van der Waals surface area contributed by atoms with E-state index in [1.807, 2.05) is 0 Å². The van der Waals surface area contributed by atoms with Gasteiger partial charge < -0.3 is 5.73 Å². The Morgan fingerprint density at radius 1 is 1.45 bits per heavy atom. The van der Waals surface area contributed by atoms with Crippen LogP contribution in [0.15, 0.2) is 10.0 Å². The van der Waals surface area contributed by atoms with E-state index in [-0.39, 0.29) is 16.3 Å². The van der Waals surface area contributed by atoms with Crippen LogP contribution in [0, 0.1) is 5.92 Å². The molecule has 0 aliphatic carbocycles. The number of rotatable bonds is 1. The molecule has 0 aromatic heterocycles. The van der Waals surface area contributed by atoms with Crippen LogP contribution in [0.1, 0.15) is 13.8 Å². The van der Waals surface area contributed by atoms with Crippen molar-refractivity contribution in [3.8, 4) is 0 Å². The first-order valence-corrected chi connectivity index (χ1v) is 4.01. The smallest absolute Gasteiger partial charge is 0.219 e. The van der Waals surface area contributed by atoms with Crippen molar-refractivity contribution in [3.05, 3.63) is 10.0 Å². The van der Waals surface area contributed by atoms with Crippen molar-refractivity contribution in [2.24, 2.45) is 11.7 Å². The van der Waals surface area contributed by atoms with Crippen LogP contribution in [-0.2, 0) is 4.79 Å². The minimum Gasteiger partial charge on any atom is -0.369 e. The molecule has 2 nitrogen and oxygen atoms in total. The standard InChI is InChI=1S/C4H9NO.C2HCl3/c1-3(2)4(5)6;3-1-2(4)5/h3H,1-2H3,(H2,5,6);1H. The molecule has 0 saturated carbocycles. The van der Waals surface area contributed by atoms with Crippen LogP contribution in [0.4, 0.5) is 0 Å². The van der Waals surface area contributed by atoms with E-state index in [0.717, 1.165) is 5.54 Å². The molecule has 0 spiro atoms. The number of hydrogen-bond donors (Lipinski definition) is 1. The molecule has 5 heteroatoms. The Balaban J connectivity index is 0. The van der Waals surface area contributed by atoms with Crippen LogP contribution in [-0.4, -0.2) is 5.91 Å². The van der Waals surface area contributed by atoms with Gasteiger partial charge in [-0.05, 0) is 0 Å². The fourth-order valence-corrected chi connectivity index (χ4v) is 0. The molecule has 0 aliphatic rings. The normalized spacial score (nSPS) is 8.18. The second kappa shape index (κ2) is 8.18. The molecule has 0 aromatic carbocycles. The van der Waals surface area contributed by atoms with Crippen LogP contribution in [0.3, 0.4) is 0 Å². The lowest BCUT2D eigenvalue weighted by atomic mass is 10.2. The molecule has 0 rings (SSSR count). The Kier molecular flexibility index (Phi) is 10.2. The number of hydrogen-bond acceptors (Lipinski definition) is 1. The van der Waals surface area contributed by atoms with E-state index in [2.05, 4.69) is 0 Å². The van der Waals surface area contributed by atoms with E-state index in [1.54, 1.807) is 13.8 Å². The van der Waals surface area contributed by atoms with Gasteiger partial charge in [-0.1, -0.05) is 48.7 Å². The third kappa shape index (κ3) is 17.8. The van der Waals surface area contributed by atoms with E-state index in [0.29, 0.717) is 0 Å². The number of amides is 1. The van der Waals surface area contributed by atoms with E-state index < -0.39 is 0 Å². The van der Waals surface area contributed by atoms with Gasteiger partial charge in [0.05, 0.1) is 0 Å². The first-order valence-electron chi connectivity index (χ1n) is 2.82. The fraction of sp³-hybridized carbons (Fsp3) is 0.500. The van der Waals surface area contributed by atoms with Crippen molar-refractivity contribution < 1.29 is 4.79 Å². The average molecular weight is 219 g/mol. The Hall–Kier alpha value is 0.0800. The van der Waals surface area contributed by atoms with Crippen LogP contribution in [0.25, 0.3) is 0 Å². The van der Waals surface area contributed by atoms with Gasteiger partial charge in [-0.25, -0.2) is 0 Å². The molecule has 0 aliphatic heterocycles. The maximum absolute atomic E-state index is 9.92. The lowest BCUT2D eigenvalue weighted by molar-refractivity contribution is -0.120. The predicted molar refractivity (Wildman–Crippen MR) is 49.7 cm³/mol. The molecule has 2 N–H and O–H groups in total. The molecule has 0 bridgehead atoms. The summed E-state index contributed by atoms with van der Waals surface area (Å²) in [6, 6.07) is 0. The van der Waals surface area contributed by atoms with Crippen molar-refractivity contribution in [3.63, 3.8) is 0 Å². The van der Waals surface area contributed by atoms with Crippen LogP contribution in [0.5, 0.6) is 0 Å². The van der Waals surface area contributed by atoms with Gasteiger partial charge in [-0.15, -0.1) is 0 Å². The Morgan fingerprint density at radius 2 is 1.64 bits per heavy atom. The van der Waals surface area contributed by atoms with Gasteiger partial charge in [-0.2, -0.15) is 0 Å². The highest BCUT2D eigenvalue weighted by Gasteiger charge is 1.96. The predicted octanol–water partition coefficient (Wildman–Crippen LogP) is 2.63. The van der Waals surface area contributed by atoms with Gasteiger partial charge in [0.25, 0.3) is 0 Å². The minimum atomic E-state index is -0.241. The van der Waals surface area contributed by atoms with E-state index >= 15 is 0 Å². The molecule has 0 fully saturated rings. The number of carbonyl (C=O) groups is 1. The van der Waals surface area contributed by atoms with Crippen molar-refractivity contribution in [2.75, 3.05) is 0 Å². The molecule has 0 unspecified atom stereocenters. The monoisotopic (exact) mass is 217 g/mol.